The Hall–Kier alpha value is -3.87. The Morgan fingerprint density at radius 1 is 0.824 bits per heavy atom. The van der Waals surface area contributed by atoms with Crippen LogP contribution in [0.1, 0.15) is 58.2 Å². The van der Waals surface area contributed by atoms with Crippen LogP contribution in [0.3, 0.4) is 0 Å². The maximum Gasteiger partial charge on any atom is 0.416 e. The van der Waals surface area contributed by atoms with Gasteiger partial charge in [-0.15, -0.1) is 0 Å². The molecule has 0 heterocycles. The van der Waals surface area contributed by atoms with E-state index in [2.05, 4.69) is 5.32 Å². The van der Waals surface area contributed by atoms with Crippen molar-refractivity contribution in [2.75, 3.05) is 5.32 Å². The minimum Gasteiger partial charge on any atom is -0.456 e. The topological polar surface area (TPSA) is 55.4 Å². The number of hydrogen-bond donors (Lipinski definition) is 1. The molecule has 0 radical (unpaired) electrons. The highest BCUT2D eigenvalue weighted by molar-refractivity contribution is 6.08. The molecule has 176 valence electrons. The van der Waals surface area contributed by atoms with E-state index in [1.807, 2.05) is 0 Å². The average Bonchev–Trinajstić information content (AvgIpc) is 2.77. The molecule has 0 saturated carbocycles. The van der Waals surface area contributed by atoms with Gasteiger partial charge >= 0.3 is 12.1 Å². The van der Waals surface area contributed by atoms with E-state index in [1.165, 1.54) is 12.1 Å². The summed E-state index contributed by atoms with van der Waals surface area (Å²) in [6.45, 7) is 5.23. The van der Waals surface area contributed by atoms with Crippen LogP contribution in [0.25, 0.3) is 12.2 Å². The van der Waals surface area contributed by atoms with Gasteiger partial charge in [0.15, 0.2) is 0 Å². The van der Waals surface area contributed by atoms with E-state index in [4.69, 9.17) is 4.74 Å². The first kappa shape index (κ1) is 24.8. The quantitative estimate of drug-likeness (QED) is 0.322. The van der Waals surface area contributed by atoms with Gasteiger partial charge in [0, 0.05) is 5.56 Å². The molecule has 0 atom stereocenters. The highest BCUT2D eigenvalue weighted by atomic mass is 19.4. The Morgan fingerprint density at radius 3 is 2.00 bits per heavy atom. The van der Waals surface area contributed by atoms with Crippen LogP contribution >= 0.6 is 0 Å². The minimum atomic E-state index is -4.40. The fourth-order valence-electron chi connectivity index (χ4n) is 3.04. The van der Waals surface area contributed by atoms with Crippen LogP contribution in [0.4, 0.5) is 18.9 Å². The van der Waals surface area contributed by atoms with E-state index in [0.29, 0.717) is 16.7 Å². The van der Waals surface area contributed by atoms with Crippen molar-refractivity contribution in [2.24, 2.45) is 0 Å². The molecule has 7 heteroatoms. The van der Waals surface area contributed by atoms with Crippen LogP contribution in [0.2, 0.25) is 0 Å². The number of rotatable bonds is 5. The fraction of sp³-hybridized carbons (Fsp3) is 0.185. The third-order valence-electron chi connectivity index (χ3n) is 4.65. The molecule has 0 aromatic heterocycles. The molecule has 4 nitrogen and oxygen atoms in total. The smallest absolute Gasteiger partial charge is 0.416 e. The zero-order chi connectivity index (χ0) is 24.9. The van der Waals surface area contributed by atoms with E-state index >= 15 is 0 Å². The third-order valence-corrected chi connectivity index (χ3v) is 4.65. The summed E-state index contributed by atoms with van der Waals surface area (Å²) in [5.74, 6) is -0.983. The number of ether oxygens (including phenoxy) is 1. The molecular formula is C27H24F3NO3. The zero-order valence-electron chi connectivity index (χ0n) is 18.9. The van der Waals surface area contributed by atoms with Crippen molar-refractivity contribution in [3.63, 3.8) is 0 Å². The normalized spacial score (nSPS) is 11.9. The van der Waals surface area contributed by atoms with Gasteiger partial charge in [-0.25, -0.2) is 4.79 Å². The summed E-state index contributed by atoms with van der Waals surface area (Å²) in [4.78, 5) is 25.4. The molecule has 0 aliphatic carbocycles. The van der Waals surface area contributed by atoms with Gasteiger partial charge in [0.2, 0.25) is 0 Å². The summed E-state index contributed by atoms with van der Waals surface area (Å²) >= 11 is 0. The first-order chi connectivity index (χ1) is 15.9. The number of halogens is 3. The highest BCUT2D eigenvalue weighted by Crippen LogP contribution is 2.29. The standard InChI is InChI=1S/C27H24F3NO3/c1-26(2,3)34-25(33)22-16-13-19(10-9-18-11-14-21(15-12-18)27(28,29)30)17-23(22)31-24(32)20-7-5-4-6-8-20/h4-17H,1-3H3,(H,31,32)/b10-9+. The molecule has 0 spiro atoms. The Bertz CT molecular complexity index is 1190. The minimum absolute atomic E-state index is 0.186. The largest absolute Gasteiger partial charge is 0.456 e. The van der Waals surface area contributed by atoms with Crippen molar-refractivity contribution >= 4 is 29.7 Å². The van der Waals surface area contributed by atoms with Crippen LogP contribution in [0.5, 0.6) is 0 Å². The summed E-state index contributed by atoms with van der Waals surface area (Å²) in [7, 11) is 0. The molecule has 0 unspecified atom stereocenters. The van der Waals surface area contributed by atoms with Crippen LogP contribution in [0.15, 0.2) is 72.8 Å². The number of carbonyl (C=O) groups excluding carboxylic acids is 2. The Labute approximate surface area is 196 Å². The Morgan fingerprint density at radius 2 is 1.41 bits per heavy atom. The lowest BCUT2D eigenvalue weighted by Crippen LogP contribution is -2.25. The lowest BCUT2D eigenvalue weighted by molar-refractivity contribution is -0.137. The van der Waals surface area contributed by atoms with E-state index in [-0.39, 0.29) is 11.3 Å². The van der Waals surface area contributed by atoms with E-state index in [1.54, 1.807) is 81.5 Å². The predicted octanol–water partition coefficient (Wildman–Crippen LogP) is 7.08. The van der Waals surface area contributed by atoms with Crippen molar-refractivity contribution in [3.8, 4) is 0 Å². The molecule has 3 aromatic carbocycles. The summed E-state index contributed by atoms with van der Waals surface area (Å²) in [5.41, 5.74) is 0.623. The van der Waals surface area contributed by atoms with Crippen molar-refractivity contribution < 1.29 is 27.5 Å². The van der Waals surface area contributed by atoms with Gasteiger partial charge in [-0.2, -0.15) is 13.2 Å². The van der Waals surface area contributed by atoms with Gasteiger partial charge in [0.05, 0.1) is 16.8 Å². The number of alkyl halides is 3. The molecule has 0 saturated heterocycles. The monoisotopic (exact) mass is 467 g/mol. The number of amides is 1. The molecule has 0 aliphatic heterocycles. The molecule has 0 aliphatic rings. The van der Waals surface area contributed by atoms with Crippen molar-refractivity contribution in [2.45, 2.75) is 32.5 Å². The molecule has 34 heavy (non-hydrogen) atoms. The summed E-state index contributed by atoms with van der Waals surface area (Å²) in [6.07, 6.45) is -1.07. The summed E-state index contributed by atoms with van der Waals surface area (Å²) in [5, 5.41) is 2.76. The Balaban J connectivity index is 1.90. The van der Waals surface area contributed by atoms with Crippen LogP contribution in [0, 0.1) is 0 Å². The number of benzene rings is 3. The van der Waals surface area contributed by atoms with E-state index in [0.717, 1.165) is 12.1 Å². The maximum atomic E-state index is 12.8. The second kappa shape index (κ2) is 9.95. The van der Waals surface area contributed by atoms with Gasteiger partial charge < -0.3 is 10.1 Å². The maximum absolute atomic E-state index is 12.8. The number of hydrogen-bond acceptors (Lipinski definition) is 3. The number of carbonyl (C=O) groups is 2. The van der Waals surface area contributed by atoms with Gasteiger partial charge in [-0.1, -0.05) is 48.6 Å². The molecular weight excluding hydrogens is 443 g/mol. The van der Waals surface area contributed by atoms with E-state index in [9.17, 15) is 22.8 Å². The van der Waals surface area contributed by atoms with Gasteiger partial charge in [0.25, 0.3) is 5.91 Å². The molecule has 3 aromatic rings. The Kier molecular flexibility index (Phi) is 7.25. The number of anilines is 1. The third kappa shape index (κ3) is 6.81. The van der Waals surface area contributed by atoms with Crippen molar-refractivity contribution in [1.29, 1.82) is 0 Å². The van der Waals surface area contributed by atoms with Gasteiger partial charge in [-0.05, 0) is 68.3 Å². The zero-order valence-corrected chi connectivity index (χ0v) is 18.9. The average molecular weight is 467 g/mol. The predicted molar refractivity (Wildman–Crippen MR) is 126 cm³/mol. The lowest BCUT2D eigenvalue weighted by Gasteiger charge is -2.21. The van der Waals surface area contributed by atoms with Crippen molar-refractivity contribution in [3.05, 3.63) is 101 Å². The first-order valence-corrected chi connectivity index (χ1v) is 10.5. The van der Waals surface area contributed by atoms with Crippen molar-refractivity contribution in [1.82, 2.24) is 0 Å². The first-order valence-electron chi connectivity index (χ1n) is 10.5. The highest BCUT2D eigenvalue weighted by Gasteiger charge is 2.29. The number of nitrogens with one attached hydrogen (secondary N) is 1. The lowest BCUT2D eigenvalue weighted by atomic mass is 10.1. The SMILES string of the molecule is CC(C)(C)OC(=O)c1ccc(/C=C/c2ccc(C(F)(F)F)cc2)cc1NC(=O)c1ccccc1. The molecule has 0 fully saturated rings. The summed E-state index contributed by atoms with van der Waals surface area (Å²) in [6, 6.07) is 18.1. The second-order valence-corrected chi connectivity index (χ2v) is 8.58. The van der Waals surface area contributed by atoms with Gasteiger partial charge in [-0.3, -0.25) is 4.79 Å². The van der Waals surface area contributed by atoms with Gasteiger partial charge in [0.1, 0.15) is 5.60 Å². The molecule has 0 bridgehead atoms. The fourth-order valence-corrected chi connectivity index (χ4v) is 3.04. The van der Waals surface area contributed by atoms with Crippen LogP contribution in [-0.2, 0) is 10.9 Å². The molecule has 3 rings (SSSR count). The molecule has 1 amide bonds. The second-order valence-electron chi connectivity index (χ2n) is 8.58. The van der Waals surface area contributed by atoms with Crippen LogP contribution in [-0.4, -0.2) is 17.5 Å². The van der Waals surface area contributed by atoms with Crippen LogP contribution < -0.4 is 5.32 Å². The number of esters is 1. The summed E-state index contributed by atoms with van der Waals surface area (Å²) < 4.78 is 43.7. The molecule has 1 N–H and O–H groups in total. The van der Waals surface area contributed by atoms with E-state index < -0.39 is 29.2 Å².